The third-order valence-corrected chi connectivity index (χ3v) is 5.50. The Labute approximate surface area is 168 Å². The van der Waals surface area contributed by atoms with Gasteiger partial charge in [-0.3, -0.25) is 9.59 Å². The lowest BCUT2D eigenvalue weighted by atomic mass is 9.94. The van der Waals surface area contributed by atoms with Crippen molar-refractivity contribution < 1.29 is 9.59 Å². The second kappa shape index (κ2) is 9.05. The predicted molar refractivity (Wildman–Crippen MR) is 112 cm³/mol. The monoisotopic (exact) mass is 378 g/mol. The number of carbonyl (C=O) groups is 2. The van der Waals surface area contributed by atoms with E-state index in [0.29, 0.717) is 19.6 Å². The molecule has 4 heteroatoms. The predicted octanol–water partition coefficient (Wildman–Crippen LogP) is 4.28. The molecule has 1 fully saturated rings. The van der Waals surface area contributed by atoms with Crippen molar-refractivity contribution in [2.75, 3.05) is 13.1 Å². The number of benzene rings is 2. The van der Waals surface area contributed by atoms with Crippen LogP contribution in [0.15, 0.2) is 54.6 Å². The van der Waals surface area contributed by atoms with Crippen LogP contribution in [0.3, 0.4) is 0 Å². The quantitative estimate of drug-likeness (QED) is 0.779. The largest absolute Gasteiger partial charge is 0.339 e. The van der Waals surface area contributed by atoms with Gasteiger partial charge >= 0.3 is 0 Å². The first kappa shape index (κ1) is 20.1. The molecule has 0 aliphatic carbocycles. The van der Waals surface area contributed by atoms with Crippen molar-refractivity contribution >= 4 is 11.8 Å². The Morgan fingerprint density at radius 3 is 2.32 bits per heavy atom. The normalized spacial score (nSPS) is 14.9. The summed E-state index contributed by atoms with van der Waals surface area (Å²) in [5.41, 5.74) is 2.97. The molecule has 2 aromatic rings. The molecule has 0 atom stereocenters. The van der Waals surface area contributed by atoms with Crippen molar-refractivity contribution in [3.05, 3.63) is 71.3 Å². The molecule has 0 saturated carbocycles. The second-order valence-electron chi connectivity index (χ2n) is 7.98. The van der Waals surface area contributed by atoms with Crippen LogP contribution in [0.25, 0.3) is 0 Å². The van der Waals surface area contributed by atoms with Crippen molar-refractivity contribution in [3.63, 3.8) is 0 Å². The lowest BCUT2D eigenvalue weighted by molar-refractivity contribution is -0.139. The number of rotatable bonds is 5. The molecule has 0 radical (unpaired) electrons. The van der Waals surface area contributed by atoms with Gasteiger partial charge in [0.05, 0.1) is 0 Å². The van der Waals surface area contributed by atoms with E-state index in [1.807, 2.05) is 59.2 Å². The van der Waals surface area contributed by atoms with Gasteiger partial charge in [0.25, 0.3) is 5.91 Å². The zero-order valence-electron chi connectivity index (χ0n) is 17.1. The summed E-state index contributed by atoms with van der Waals surface area (Å²) in [4.78, 5) is 29.8. The number of carbonyl (C=O) groups excluding carboxylic acids is 2. The van der Waals surface area contributed by atoms with Gasteiger partial charge in [-0.25, -0.2) is 0 Å². The molecule has 4 nitrogen and oxygen atoms in total. The van der Waals surface area contributed by atoms with Gasteiger partial charge in [0.1, 0.15) is 0 Å². The Kier molecular flexibility index (Phi) is 6.50. The van der Waals surface area contributed by atoms with Crippen LogP contribution >= 0.6 is 0 Å². The number of amides is 2. The molecule has 1 aliphatic heterocycles. The average Bonchev–Trinajstić information content (AvgIpc) is 2.71. The van der Waals surface area contributed by atoms with Crippen LogP contribution in [-0.2, 0) is 11.3 Å². The first-order chi connectivity index (χ1) is 13.5. The summed E-state index contributed by atoms with van der Waals surface area (Å²) in [6.07, 6.45) is 1.46. The van der Waals surface area contributed by atoms with E-state index in [4.69, 9.17) is 0 Å². The molecule has 0 unspecified atom stereocenters. The van der Waals surface area contributed by atoms with Gasteiger partial charge in [0, 0.05) is 37.2 Å². The van der Waals surface area contributed by atoms with Gasteiger partial charge < -0.3 is 9.80 Å². The number of aryl methyl sites for hydroxylation is 1. The maximum Gasteiger partial charge on any atom is 0.253 e. The van der Waals surface area contributed by atoms with E-state index < -0.39 is 0 Å². The standard InChI is InChI=1S/C24H30N2O2/c1-18(2)26(17-20-9-5-4-6-10-20)24(28)21-12-14-25(15-13-21)23(27)22-11-7-8-19(3)16-22/h4-11,16,18,21H,12-15,17H2,1-3H3. The molecular weight excluding hydrogens is 348 g/mol. The summed E-state index contributed by atoms with van der Waals surface area (Å²) in [5.74, 6) is 0.272. The molecule has 1 heterocycles. The average molecular weight is 379 g/mol. The van der Waals surface area contributed by atoms with Gasteiger partial charge in [0.15, 0.2) is 0 Å². The smallest absolute Gasteiger partial charge is 0.253 e. The molecule has 0 bridgehead atoms. The van der Waals surface area contributed by atoms with Crippen LogP contribution in [0.4, 0.5) is 0 Å². The molecule has 0 aromatic heterocycles. The van der Waals surface area contributed by atoms with E-state index in [-0.39, 0.29) is 23.8 Å². The molecule has 2 amide bonds. The Morgan fingerprint density at radius 1 is 1.04 bits per heavy atom. The summed E-state index contributed by atoms with van der Waals surface area (Å²) < 4.78 is 0. The molecule has 148 valence electrons. The highest BCUT2D eigenvalue weighted by atomic mass is 16.2. The van der Waals surface area contributed by atoms with Crippen molar-refractivity contribution in [2.24, 2.45) is 5.92 Å². The number of hydrogen-bond acceptors (Lipinski definition) is 2. The van der Waals surface area contributed by atoms with Crippen molar-refractivity contribution in [1.29, 1.82) is 0 Å². The van der Waals surface area contributed by atoms with E-state index in [1.165, 1.54) is 0 Å². The van der Waals surface area contributed by atoms with E-state index >= 15 is 0 Å². The van der Waals surface area contributed by atoms with E-state index in [0.717, 1.165) is 29.5 Å². The Bertz CT molecular complexity index is 808. The highest BCUT2D eigenvalue weighted by Crippen LogP contribution is 2.23. The van der Waals surface area contributed by atoms with E-state index in [1.54, 1.807) is 0 Å². The highest BCUT2D eigenvalue weighted by molar-refractivity contribution is 5.94. The van der Waals surface area contributed by atoms with Crippen molar-refractivity contribution in [3.8, 4) is 0 Å². The van der Waals surface area contributed by atoms with E-state index in [9.17, 15) is 9.59 Å². The fraction of sp³-hybridized carbons (Fsp3) is 0.417. The molecule has 0 N–H and O–H groups in total. The number of nitrogens with zero attached hydrogens (tertiary/aromatic N) is 2. The topological polar surface area (TPSA) is 40.6 Å². The third kappa shape index (κ3) is 4.80. The minimum Gasteiger partial charge on any atom is -0.339 e. The highest BCUT2D eigenvalue weighted by Gasteiger charge is 2.31. The van der Waals surface area contributed by atoms with Crippen molar-refractivity contribution in [2.45, 2.75) is 46.2 Å². The molecule has 28 heavy (non-hydrogen) atoms. The zero-order chi connectivity index (χ0) is 20.1. The van der Waals surface area contributed by atoms with Gasteiger partial charge in [0.2, 0.25) is 5.91 Å². The molecule has 2 aromatic carbocycles. The van der Waals surface area contributed by atoms with Crippen LogP contribution in [0, 0.1) is 12.8 Å². The Morgan fingerprint density at radius 2 is 1.71 bits per heavy atom. The fourth-order valence-corrected chi connectivity index (χ4v) is 3.82. The zero-order valence-corrected chi connectivity index (χ0v) is 17.1. The van der Waals surface area contributed by atoms with Gasteiger partial charge in [-0.15, -0.1) is 0 Å². The fourth-order valence-electron chi connectivity index (χ4n) is 3.82. The van der Waals surface area contributed by atoms with Crippen LogP contribution < -0.4 is 0 Å². The van der Waals surface area contributed by atoms with Gasteiger partial charge in [-0.05, 0) is 51.3 Å². The number of piperidine rings is 1. The number of likely N-dealkylation sites (tertiary alicyclic amines) is 1. The minimum atomic E-state index is -0.00679. The lowest BCUT2D eigenvalue weighted by Gasteiger charge is -2.36. The maximum absolute atomic E-state index is 13.2. The minimum absolute atomic E-state index is 0.00679. The number of hydrogen-bond donors (Lipinski definition) is 0. The van der Waals surface area contributed by atoms with Crippen LogP contribution in [0.2, 0.25) is 0 Å². The van der Waals surface area contributed by atoms with Gasteiger partial charge in [-0.2, -0.15) is 0 Å². The van der Waals surface area contributed by atoms with Crippen LogP contribution in [0.1, 0.15) is 48.2 Å². The summed E-state index contributed by atoms with van der Waals surface area (Å²) >= 11 is 0. The molecule has 3 rings (SSSR count). The first-order valence-electron chi connectivity index (χ1n) is 10.2. The summed E-state index contributed by atoms with van der Waals surface area (Å²) in [6.45, 7) is 8.05. The van der Waals surface area contributed by atoms with Gasteiger partial charge in [-0.1, -0.05) is 48.0 Å². The molecular formula is C24H30N2O2. The SMILES string of the molecule is Cc1cccc(C(=O)N2CCC(C(=O)N(Cc3ccccc3)C(C)C)CC2)c1. The maximum atomic E-state index is 13.2. The van der Waals surface area contributed by atoms with Crippen LogP contribution in [-0.4, -0.2) is 40.7 Å². The molecule has 1 saturated heterocycles. The lowest BCUT2D eigenvalue weighted by Crippen LogP contribution is -2.46. The molecule has 1 aliphatic rings. The summed E-state index contributed by atoms with van der Waals surface area (Å²) in [7, 11) is 0. The third-order valence-electron chi connectivity index (χ3n) is 5.50. The van der Waals surface area contributed by atoms with E-state index in [2.05, 4.69) is 26.0 Å². The Hall–Kier alpha value is -2.62. The first-order valence-corrected chi connectivity index (χ1v) is 10.2. The second-order valence-corrected chi connectivity index (χ2v) is 7.98. The summed E-state index contributed by atoms with van der Waals surface area (Å²) in [6, 6.07) is 18.0. The van der Waals surface area contributed by atoms with Crippen molar-refractivity contribution in [1.82, 2.24) is 9.80 Å². The molecule has 0 spiro atoms. The summed E-state index contributed by atoms with van der Waals surface area (Å²) in [5, 5.41) is 0. The van der Waals surface area contributed by atoms with Crippen LogP contribution in [0.5, 0.6) is 0 Å². The Balaban J connectivity index is 1.61.